The lowest BCUT2D eigenvalue weighted by atomic mass is 10.1. The van der Waals surface area contributed by atoms with Crippen molar-refractivity contribution in [2.24, 2.45) is 0 Å². The quantitative estimate of drug-likeness (QED) is 0.701. The summed E-state index contributed by atoms with van der Waals surface area (Å²) in [6.45, 7) is 0. The lowest BCUT2D eigenvalue weighted by Crippen LogP contribution is -2.06. The molecule has 1 aromatic heterocycles. The number of hydrogen-bond acceptors (Lipinski definition) is 2. The molecule has 1 aromatic carbocycles. The van der Waals surface area contributed by atoms with Crippen LogP contribution in [0.2, 0.25) is 15.1 Å². The number of nitrogens with zero attached hydrogens (tertiary/aromatic N) is 1. The van der Waals surface area contributed by atoms with Gasteiger partial charge >= 0.3 is 6.18 Å². The summed E-state index contributed by atoms with van der Waals surface area (Å²) >= 11 is 17.6. The van der Waals surface area contributed by atoms with Gasteiger partial charge < -0.3 is 5.11 Å². The molecule has 0 fully saturated rings. The van der Waals surface area contributed by atoms with Gasteiger partial charge in [0.15, 0.2) is 5.75 Å². The van der Waals surface area contributed by atoms with Crippen LogP contribution in [-0.2, 0) is 6.18 Å². The third-order valence-electron chi connectivity index (χ3n) is 2.51. The topological polar surface area (TPSA) is 33.1 Å². The monoisotopic (exact) mass is 341 g/mol. The molecule has 0 bridgehead atoms. The summed E-state index contributed by atoms with van der Waals surface area (Å²) in [7, 11) is 0. The van der Waals surface area contributed by atoms with Crippen molar-refractivity contribution in [3.05, 3.63) is 45.0 Å². The van der Waals surface area contributed by atoms with Crippen LogP contribution in [-0.4, -0.2) is 10.1 Å². The van der Waals surface area contributed by atoms with Crippen molar-refractivity contribution in [2.75, 3.05) is 0 Å². The van der Waals surface area contributed by atoms with Gasteiger partial charge in [0.05, 0.1) is 15.1 Å². The van der Waals surface area contributed by atoms with Gasteiger partial charge in [0, 0.05) is 11.8 Å². The van der Waals surface area contributed by atoms with Gasteiger partial charge in [0.2, 0.25) is 0 Å². The van der Waals surface area contributed by atoms with Crippen LogP contribution in [0.5, 0.6) is 5.75 Å². The minimum atomic E-state index is -4.72. The van der Waals surface area contributed by atoms with E-state index >= 15 is 0 Å². The molecule has 0 aliphatic carbocycles. The van der Waals surface area contributed by atoms with E-state index in [1.807, 2.05) is 0 Å². The first kappa shape index (κ1) is 15.2. The zero-order valence-electron chi connectivity index (χ0n) is 9.47. The van der Waals surface area contributed by atoms with Crippen molar-refractivity contribution in [2.45, 2.75) is 6.18 Å². The highest BCUT2D eigenvalue weighted by molar-refractivity contribution is 6.46. The first-order chi connectivity index (χ1) is 9.23. The molecular weight excluding hydrogens is 337 g/mol. The molecule has 106 valence electrons. The number of aromatic hydroxyl groups is 1. The van der Waals surface area contributed by atoms with Crippen LogP contribution in [0.1, 0.15) is 5.56 Å². The summed E-state index contributed by atoms with van der Waals surface area (Å²) in [5.41, 5.74) is -1.66. The Morgan fingerprint density at radius 1 is 1.00 bits per heavy atom. The number of halogens is 6. The molecule has 2 aromatic rings. The van der Waals surface area contributed by atoms with Crippen molar-refractivity contribution in [1.29, 1.82) is 0 Å². The largest absolute Gasteiger partial charge is 0.505 e. The molecule has 0 aliphatic rings. The van der Waals surface area contributed by atoms with Gasteiger partial charge in [0.25, 0.3) is 0 Å². The summed E-state index contributed by atoms with van der Waals surface area (Å²) in [5.74, 6) is -1.05. The fourth-order valence-corrected chi connectivity index (χ4v) is 2.32. The van der Waals surface area contributed by atoms with E-state index in [1.165, 1.54) is 12.1 Å². The molecule has 1 heterocycles. The van der Waals surface area contributed by atoms with Gasteiger partial charge in [-0.05, 0) is 18.2 Å². The number of aromatic nitrogens is 1. The highest BCUT2D eigenvalue weighted by Gasteiger charge is 2.35. The average Bonchev–Trinajstić information content (AvgIpc) is 2.35. The van der Waals surface area contributed by atoms with E-state index in [-0.39, 0.29) is 26.3 Å². The molecule has 0 aliphatic heterocycles. The fourth-order valence-electron chi connectivity index (χ4n) is 1.61. The van der Waals surface area contributed by atoms with Gasteiger partial charge in [-0.15, -0.1) is 0 Å². The van der Waals surface area contributed by atoms with Gasteiger partial charge in [-0.2, -0.15) is 13.2 Å². The Hall–Kier alpha value is -1.17. The Morgan fingerprint density at radius 3 is 2.20 bits per heavy atom. The van der Waals surface area contributed by atoms with Crippen LogP contribution < -0.4 is 0 Å². The van der Waals surface area contributed by atoms with Crippen molar-refractivity contribution in [3.8, 4) is 17.0 Å². The first-order valence-corrected chi connectivity index (χ1v) is 6.26. The molecule has 8 heteroatoms. The Balaban J connectivity index is 2.76. The molecule has 0 saturated heterocycles. The van der Waals surface area contributed by atoms with Gasteiger partial charge in [0.1, 0.15) is 11.3 Å². The lowest BCUT2D eigenvalue weighted by molar-refractivity contribution is -0.138. The van der Waals surface area contributed by atoms with E-state index in [4.69, 9.17) is 34.8 Å². The predicted molar refractivity (Wildman–Crippen MR) is 71.4 cm³/mol. The zero-order chi connectivity index (χ0) is 15.1. The summed E-state index contributed by atoms with van der Waals surface area (Å²) in [4.78, 5) is 3.71. The molecule has 0 amide bonds. The van der Waals surface area contributed by atoms with E-state index in [2.05, 4.69) is 4.98 Å². The van der Waals surface area contributed by atoms with Gasteiger partial charge in [-0.25, -0.2) is 0 Å². The number of alkyl halides is 3. The number of benzene rings is 1. The van der Waals surface area contributed by atoms with E-state index in [9.17, 15) is 18.3 Å². The lowest BCUT2D eigenvalue weighted by Gasteiger charge is -2.13. The number of pyridine rings is 1. The second-order valence-electron chi connectivity index (χ2n) is 3.77. The summed E-state index contributed by atoms with van der Waals surface area (Å²) in [5, 5.41) is 9.81. The Bertz CT molecular complexity index is 674. The standard InChI is InChI=1S/C12H5Cl3F3NO/c13-6-1-2-7(14)9(15)8(6)10-11(20)5(3-4-19-10)12(16,17)18/h1-4,20H. The van der Waals surface area contributed by atoms with Gasteiger partial charge in [-0.3, -0.25) is 4.98 Å². The third kappa shape index (κ3) is 2.66. The van der Waals surface area contributed by atoms with Crippen LogP contribution in [0.15, 0.2) is 24.4 Å². The Kier molecular flexibility index (Phi) is 4.04. The first-order valence-electron chi connectivity index (χ1n) is 5.12. The molecule has 2 rings (SSSR count). The Labute approximate surface area is 126 Å². The van der Waals surface area contributed by atoms with Crippen LogP contribution in [0.3, 0.4) is 0 Å². The van der Waals surface area contributed by atoms with Crippen LogP contribution in [0.4, 0.5) is 13.2 Å². The van der Waals surface area contributed by atoms with Crippen LogP contribution in [0.25, 0.3) is 11.3 Å². The molecular formula is C12H5Cl3F3NO. The summed E-state index contributed by atoms with van der Waals surface area (Å²) in [6.07, 6.45) is -3.81. The molecule has 0 radical (unpaired) electrons. The van der Waals surface area contributed by atoms with E-state index in [0.29, 0.717) is 6.07 Å². The van der Waals surface area contributed by atoms with Crippen molar-refractivity contribution >= 4 is 34.8 Å². The smallest absolute Gasteiger partial charge is 0.420 e. The van der Waals surface area contributed by atoms with Crippen molar-refractivity contribution in [1.82, 2.24) is 4.98 Å². The SMILES string of the molecule is Oc1c(C(F)(F)F)ccnc1-c1c(Cl)ccc(Cl)c1Cl. The minimum absolute atomic E-state index is 0.0292. The highest BCUT2D eigenvalue weighted by atomic mass is 35.5. The van der Waals surface area contributed by atoms with Crippen molar-refractivity contribution < 1.29 is 18.3 Å². The predicted octanol–water partition coefficient (Wildman–Crippen LogP) is 5.43. The van der Waals surface area contributed by atoms with Crippen LogP contribution >= 0.6 is 34.8 Å². The normalized spacial score (nSPS) is 11.7. The average molecular weight is 343 g/mol. The molecule has 2 nitrogen and oxygen atoms in total. The maximum Gasteiger partial charge on any atom is 0.420 e. The number of hydrogen-bond donors (Lipinski definition) is 1. The molecule has 0 unspecified atom stereocenters. The Morgan fingerprint density at radius 2 is 1.60 bits per heavy atom. The second kappa shape index (κ2) is 5.31. The number of rotatable bonds is 1. The van der Waals surface area contributed by atoms with Gasteiger partial charge in [-0.1, -0.05) is 34.8 Å². The maximum absolute atomic E-state index is 12.7. The molecule has 0 atom stereocenters. The second-order valence-corrected chi connectivity index (χ2v) is 4.96. The molecule has 0 spiro atoms. The van der Waals surface area contributed by atoms with Crippen molar-refractivity contribution in [3.63, 3.8) is 0 Å². The molecule has 1 N–H and O–H groups in total. The van der Waals surface area contributed by atoms with Crippen LogP contribution in [0, 0.1) is 0 Å². The summed E-state index contributed by atoms with van der Waals surface area (Å²) < 4.78 is 38.2. The summed E-state index contributed by atoms with van der Waals surface area (Å²) in [6, 6.07) is 3.40. The third-order valence-corrected chi connectivity index (χ3v) is 3.63. The van der Waals surface area contributed by atoms with E-state index in [0.717, 1.165) is 6.20 Å². The van der Waals surface area contributed by atoms with E-state index < -0.39 is 17.5 Å². The van der Waals surface area contributed by atoms with E-state index in [1.54, 1.807) is 0 Å². The highest BCUT2D eigenvalue weighted by Crippen LogP contribution is 2.45. The molecule has 20 heavy (non-hydrogen) atoms. The maximum atomic E-state index is 12.7. The zero-order valence-corrected chi connectivity index (χ0v) is 11.7. The molecule has 0 saturated carbocycles. The fraction of sp³-hybridized carbons (Fsp3) is 0.0833. The minimum Gasteiger partial charge on any atom is -0.505 e.